The molecule has 0 aliphatic carbocycles. The Kier molecular flexibility index (Phi) is 4.24. The number of aliphatic carboxylic acids is 1. The zero-order valence-corrected chi connectivity index (χ0v) is 12.7. The van der Waals surface area contributed by atoms with Crippen LogP contribution in [-0.2, 0) is 24.2 Å². The van der Waals surface area contributed by atoms with Gasteiger partial charge in [-0.05, 0) is 38.3 Å². The lowest BCUT2D eigenvalue weighted by molar-refractivity contribution is -0.142. The number of aromatic nitrogens is 3. The van der Waals surface area contributed by atoms with Crippen molar-refractivity contribution in [3.05, 3.63) is 11.6 Å². The molecule has 116 valence electrons. The Bertz CT molecular complexity index is 514. The number of piperidine rings is 1. The van der Waals surface area contributed by atoms with Gasteiger partial charge in [-0.15, -0.1) is 0 Å². The molecule has 1 aromatic rings. The summed E-state index contributed by atoms with van der Waals surface area (Å²) in [7, 11) is 0. The summed E-state index contributed by atoms with van der Waals surface area (Å²) in [6, 6.07) is 0. The van der Waals surface area contributed by atoms with Crippen LogP contribution in [0.4, 0.5) is 0 Å². The molecule has 2 atom stereocenters. The first-order valence-electron chi connectivity index (χ1n) is 8.03. The molecule has 6 heteroatoms. The van der Waals surface area contributed by atoms with Gasteiger partial charge in [-0.3, -0.25) is 4.79 Å². The SMILES string of the molecule is CCN1CCCC(Cc2nc3n(n2)CC(C(=O)O)CC3)C1. The first-order valence-corrected chi connectivity index (χ1v) is 8.03. The molecule has 0 aromatic carbocycles. The molecule has 0 radical (unpaired) electrons. The van der Waals surface area contributed by atoms with Gasteiger partial charge in [-0.2, -0.15) is 5.10 Å². The third-order valence-corrected chi connectivity index (χ3v) is 4.77. The Labute approximate surface area is 125 Å². The van der Waals surface area contributed by atoms with E-state index in [4.69, 9.17) is 5.11 Å². The van der Waals surface area contributed by atoms with Crippen molar-refractivity contribution in [2.45, 2.75) is 45.6 Å². The smallest absolute Gasteiger partial charge is 0.308 e. The average molecular weight is 292 g/mol. The molecule has 3 rings (SSSR count). The second kappa shape index (κ2) is 6.13. The van der Waals surface area contributed by atoms with Crippen LogP contribution in [0.15, 0.2) is 0 Å². The minimum atomic E-state index is -0.719. The summed E-state index contributed by atoms with van der Waals surface area (Å²) in [5.41, 5.74) is 0. The van der Waals surface area contributed by atoms with Gasteiger partial charge in [0.25, 0.3) is 0 Å². The minimum absolute atomic E-state index is 0.308. The van der Waals surface area contributed by atoms with Crippen molar-refractivity contribution in [1.29, 1.82) is 0 Å². The molecule has 6 nitrogen and oxygen atoms in total. The fourth-order valence-electron chi connectivity index (χ4n) is 3.51. The van der Waals surface area contributed by atoms with Gasteiger partial charge in [0.1, 0.15) is 5.82 Å². The normalized spacial score (nSPS) is 26.5. The fourth-order valence-corrected chi connectivity index (χ4v) is 3.51. The Balaban J connectivity index is 1.64. The van der Waals surface area contributed by atoms with Gasteiger partial charge in [-0.1, -0.05) is 6.92 Å². The Morgan fingerprint density at radius 2 is 2.24 bits per heavy atom. The van der Waals surface area contributed by atoms with Crippen molar-refractivity contribution in [3.8, 4) is 0 Å². The summed E-state index contributed by atoms with van der Waals surface area (Å²) in [5, 5.41) is 13.7. The zero-order valence-electron chi connectivity index (χ0n) is 12.7. The van der Waals surface area contributed by atoms with E-state index in [1.807, 2.05) is 4.68 Å². The van der Waals surface area contributed by atoms with E-state index >= 15 is 0 Å². The van der Waals surface area contributed by atoms with Crippen molar-refractivity contribution in [3.63, 3.8) is 0 Å². The number of aryl methyl sites for hydroxylation is 1. The third kappa shape index (κ3) is 3.26. The van der Waals surface area contributed by atoms with Crippen LogP contribution in [0.3, 0.4) is 0 Å². The van der Waals surface area contributed by atoms with E-state index in [9.17, 15) is 4.79 Å². The van der Waals surface area contributed by atoms with Crippen molar-refractivity contribution in [2.24, 2.45) is 11.8 Å². The average Bonchev–Trinajstić information content (AvgIpc) is 2.88. The van der Waals surface area contributed by atoms with E-state index in [1.165, 1.54) is 19.4 Å². The molecule has 2 aliphatic rings. The summed E-state index contributed by atoms with van der Waals surface area (Å²) in [6.45, 7) is 6.15. The molecule has 21 heavy (non-hydrogen) atoms. The minimum Gasteiger partial charge on any atom is -0.481 e. The number of carbonyl (C=O) groups is 1. The predicted octanol–water partition coefficient (Wildman–Crippen LogP) is 1.20. The van der Waals surface area contributed by atoms with Gasteiger partial charge in [0.05, 0.1) is 12.5 Å². The maximum absolute atomic E-state index is 11.1. The number of likely N-dealkylation sites (tertiary alicyclic amines) is 1. The highest BCUT2D eigenvalue weighted by Gasteiger charge is 2.27. The third-order valence-electron chi connectivity index (χ3n) is 4.77. The zero-order chi connectivity index (χ0) is 14.8. The first-order chi connectivity index (χ1) is 10.2. The number of nitrogens with zero attached hydrogens (tertiary/aromatic N) is 4. The number of rotatable bonds is 4. The second-order valence-corrected chi connectivity index (χ2v) is 6.31. The van der Waals surface area contributed by atoms with Crippen molar-refractivity contribution in [1.82, 2.24) is 19.7 Å². The van der Waals surface area contributed by atoms with Crippen molar-refractivity contribution >= 4 is 5.97 Å². The largest absolute Gasteiger partial charge is 0.481 e. The lowest BCUT2D eigenvalue weighted by Crippen LogP contribution is -2.36. The van der Waals surface area contributed by atoms with Crippen molar-refractivity contribution in [2.75, 3.05) is 19.6 Å². The number of carboxylic acids is 1. The molecule has 0 bridgehead atoms. The van der Waals surface area contributed by atoms with Crippen LogP contribution in [0.2, 0.25) is 0 Å². The Hall–Kier alpha value is -1.43. The van der Waals surface area contributed by atoms with Gasteiger partial charge in [0.15, 0.2) is 5.82 Å². The van der Waals surface area contributed by atoms with E-state index in [2.05, 4.69) is 21.9 Å². The highest BCUT2D eigenvalue weighted by Crippen LogP contribution is 2.22. The number of hydrogen-bond donors (Lipinski definition) is 1. The van der Waals surface area contributed by atoms with E-state index in [0.717, 1.165) is 37.6 Å². The lowest BCUT2D eigenvalue weighted by Gasteiger charge is -2.31. The van der Waals surface area contributed by atoms with Gasteiger partial charge in [0, 0.05) is 19.4 Å². The summed E-state index contributed by atoms with van der Waals surface area (Å²) >= 11 is 0. The monoisotopic (exact) mass is 292 g/mol. The number of fused-ring (bicyclic) bond motifs is 1. The van der Waals surface area contributed by atoms with Crippen LogP contribution in [0.5, 0.6) is 0 Å². The maximum Gasteiger partial charge on any atom is 0.308 e. The van der Waals surface area contributed by atoms with Crippen LogP contribution in [0.1, 0.15) is 37.8 Å². The van der Waals surface area contributed by atoms with Crippen LogP contribution < -0.4 is 0 Å². The highest BCUT2D eigenvalue weighted by atomic mass is 16.4. The van der Waals surface area contributed by atoms with Crippen LogP contribution in [0, 0.1) is 11.8 Å². The van der Waals surface area contributed by atoms with Gasteiger partial charge in [-0.25, -0.2) is 9.67 Å². The highest BCUT2D eigenvalue weighted by molar-refractivity contribution is 5.70. The Morgan fingerprint density at radius 3 is 3.00 bits per heavy atom. The first kappa shape index (κ1) is 14.5. The summed E-state index contributed by atoms with van der Waals surface area (Å²) in [6.07, 6.45) is 4.84. The maximum atomic E-state index is 11.1. The van der Waals surface area contributed by atoms with E-state index in [0.29, 0.717) is 18.9 Å². The number of carboxylic acid groups (broad SMARTS) is 1. The van der Waals surface area contributed by atoms with E-state index in [-0.39, 0.29) is 5.92 Å². The number of hydrogen-bond acceptors (Lipinski definition) is 4. The quantitative estimate of drug-likeness (QED) is 0.903. The van der Waals surface area contributed by atoms with Gasteiger partial charge < -0.3 is 10.0 Å². The molecule has 1 aromatic heterocycles. The van der Waals surface area contributed by atoms with Gasteiger partial charge in [0.2, 0.25) is 0 Å². The summed E-state index contributed by atoms with van der Waals surface area (Å²) < 4.78 is 1.82. The van der Waals surface area contributed by atoms with E-state index in [1.54, 1.807) is 0 Å². The van der Waals surface area contributed by atoms with Gasteiger partial charge >= 0.3 is 5.97 Å². The van der Waals surface area contributed by atoms with E-state index < -0.39 is 5.97 Å². The molecule has 1 fully saturated rings. The molecule has 1 saturated heterocycles. The molecule has 0 amide bonds. The molecular weight excluding hydrogens is 268 g/mol. The molecule has 2 aliphatic heterocycles. The van der Waals surface area contributed by atoms with Crippen LogP contribution in [0.25, 0.3) is 0 Å². The van der Waals surface area contributed by atoms with Crippen molar-refractivity contribution < 1.29 is 9.90 Å². The fraction of sp³-hybridized carbons (Fsp3) is 0.800. The lowest BCUT2D eigenvalue weighted by atomic mass is 9.94. The Morgan fingerprint density at radius 1 is 1.38 bits per heavy atom. The molecular formula is C15H24N4O2. The molecule has 0 spiro atoms. The van der Waals surface area contributed by atoms with Crippen LogP contribution >= 0.6 is 0 Å². The molecule has 1 N–H and O–H groups in total. The summed E-state index contributed by atoms with van der Waals surface area (Å²) in [5.74, 6) is 1.48. The standard InChI is InChI=1S/C15H24N4O2/c1-2-18-7-3-4-11(9-18)8-13-16-14-6-5-12(15(20)21)10-19(14)17-13/h11-12H,2-10H2,1H3,(H,20,21). The second-order valence-electron chi connectivity index (χ2n) is 6.31. The molecule has 3 heterocycles. The van der Waals surface area contributed by atoms with Crippen LogP contribution in [-0.4, -0.2) is 50.4 Å². The molecule has 0 saturated carbocycles. The topological polar surface area (TPSA) is 71.2 Å². The summed E-state index contributed by atoms with van der Waals surface area (Å²) in [4.78, 5) is 18.2. The predicted molar refractivity (Wildman–Crippen MR) is 78.0 cm³/mol. The molecule has 2 unspecified atom stereocenters.